The minimum absolute atomic E-state index is 0.298. The van der Waals surface area contributed by atoms with Gasteiger partial charge < -0.3 is 4.57 Å². The van der Waals surface area contributed by atoms with Gasteiger partial charge in [0.1, 0.15) is 0 Å². The number of hydrogen-bond donors (Lipinski definition) is 1. The topological polar surface area (TPSA) is 46.4 Å². The first-order valence-electron chi connectivity index (χ1n) is 7.74. The number of carbonyl (C=O) groups is 1. The van der Waals surface area contributed by atoms with E-state index in [0.29, 0.717) is 21.5 Å². The van der Waals surface area contributed by atoms with E-state index in [2.05, 4.69) is 41.9 Å². The van der Waals surface area contributed by atoms with E-state index in [-0.39, 0.29) is 0 Å². The van der Waals surface area contributed by atoms with Gasteiger partial charge in [-0.05, 0) is 44.0 Å². The lowest BCUT2D eigenvalue weighted by Crippen LogP contribution is -2.18. The van der Waals surface area contributed by atoms with Crippen LogP contribution in [0, 0.1) is 19.8 Å². The first-order chi connectivity index (χ1) is 11.3. The molecular weight excluding hydrogens is 345 g/mol. The van der Waals surface area contributed by atoms with Gasteiger partial charge in [0.25, 0.3) is 5.91 Å². The molecule has 0 aliphatic carbocycles. The Labute approximate surface area is 152 Å². The van der Waals surface area contributed by atoms with Crippen LogP contribution in [-0.4, -0.2) is 16.7 Å². The highest BCUT2D eigenvalue weighted by atomic mass is 35.5. The van der Waals surface area contributed by atoms with E-state index in [9.17, 15) is 4.79 Å². The molecule has 1 heterocycles. The molecule has 0 radical (unpaired) electrons. The summed E-state index contributed by atoms with van der Waals surface area (Å²) in [5.74, 6) is 0.166. The zero-order chi connectivity index (χ0) is 17.9. The number of aromatic nitrogens is 1. The predicted octanol–water partition coefficient (Wildman–Crippen LogP) is 4.83. The Morgan fingerprint density at radius 3 is 2.67 bits per heavy atom. The number of rotatable bonds is 5. The van der Waals surface area contributed by atoms with Crippen molar-refractivity contribution in [3.05, 3.63) is 56.8 Å². The summed E-state index contributed by atoms with van der Waals surface area (Å²) in [5.41, 5.74) is 6.06. The van der Waals surface area contributed by atoms with Crippen molar-refractivity contribution in [2.75, 3.05) is 0 Å². The molecule has 1 N–H and O–H groups in total. The van der Waals surface area contributed by atoms with Crippen molar-refractivity contribution in [1.82, 2.24) is 9.99 Å². The maximum atomic E-state index is 12.1. The Hall–Kier alpha value is -1.78. The van der Waals surface area contributed by atoms with Crippen molar-refractivity contribution in [2.24, 2.45) is 11.0 Å². The lowest BCUT2D eigenvalue weighted by molar-refractivity contribution is 0.0955. The standard InChI is InChI=1S/C18H21Cl2N3O/c1-11(2)10-23-12(3)7-14(13(23)4)9-21-22-18(24)16-8-15(19)5-6-17(16)20/h5-9,11H,10H2,1-4H3,(H,22,24)/b21-9-. The van der Waals surface area contributed by atoms with Crippen LogP contribution >= 0.6 is 23.2 Å². The van der Waals surface area contributed by atoms with Gasteiger partial charge in [0, 0.05) is 28.5 Å². The fourth-order valence-electron chi connectivity index (χ4n) is 2.50. The zero-order valence-corrected chi connectivity index (χ0v) is 15.7. The second-order valence-electron chi connectivity index (χ2n) is 6.15. The number of nitrogens with zero attached hydrogens (tertiary/aromatic N) is 2. The van der Waals surface area contributed by atoms with Gasteiger partial charge in [-0.25, -0.2) is 5.43 Å². The Bertz CT molecular complexity index is 779. The van der Waals surface area contributed by atoms with Gasteiger partial charge in [0.2, 0.25) is 0 Å². The van der Waals surface area contributed by atoms with E-state index in [4.69, 9.17) is 23.2 Å². The van der Waals surface area contributed by atoms with E-state index >= 15 is 0 Å². The average Bonchev–Trinajstić information content (AvgIpc) is 2.77. The van der Waals surface area contributed by atoms with Crippen molar-refractivity contribution in [3.8, 4) is 0 Å². The maximum Gasteiger partial charge on any atom is 0.272 e. The molecule has 2 aromatic rings. The van der Waals surface area contributed by atoms with E-state index in [0.717, 1.165) is 17.8 Å². The summed E-state index contributed by atoms with van der Waals surface area (Å²) in [6.45, 7) is 9.43. The van der Waals surface area contributed by atoms with Crippen molar-refractivity contribution >= 4 is 35.3 Å². The summed E-state index contributed by atoms with van der Waals surface area (Å²) < 4.78 is 2.25. The van der Waals surface area contributed by atoms with E-state index in [1.165, 1.54) is 11.8 Å². The quantitative estimate of drug-likeness (QED) is 0.598. The minimum Gasteiger partial charge on any atom is -0.348 e. The monoisotopic (exact) mass is 365 g/mol. The van der Waals surface area contributed by atoms with Crippen molar-refractivity contribution in [2.45, 2.75) is 34.2 Å². The SMILES string of the molecule is Cc1cc(/C=N\NC(=O)c2cc(Cl)ccc2Cl)c(C)n1CC(C)C. The van der Waals surface area contributed by atoms with E-state index < -0.39 is 5.91 Å². The molecule has 0 unspecified atom stereocenters. The molecule has 0 spiro atoms. The summed E-state index contributed by atoms with van der Waals surface area (Å²) in [6.07, 6.45) is 1.65. The Morgan fingerprint density at radius 2 is 2.00 bits per heavy atom. The highest BCUT2D eigenvalue weighted by molar-refractivity contribution is 6.35. The third-order valence-corrected chi connectivity index (χ3v) is 4.27. The number of benzene rings is 1. The highest BCUT2D eigenvalue weighted by Crippen LogP contribution is 2.20. The van der Waals surface area contributed by atoms with Gasteiger partial charge >= 0.3 is 0 Å². The van der Waals surface area contributed by atoms with Crippen LogP contribution in [0.4, 0.5) is 0 Å². The summed E-state index contributed by atoms with van der Waals surface area (Å²) in [7, 11) is 0. The van der Waals surface area contributed by atoms with Gasteiger partial charge in [0.15, 0.2) is 0 Å². The number of hydrogen-bond acceptors (Lipinski definition) is 2. The highest BCUT2D eigenvalue weighted by Gasteiger charge is 2.11. The van der Waals surface area contributed by atoms with Gasteiger partial charge in [0.05, 0.1) is 16.8 Å². The summed E-state index contributed by atoms with van der Waals surface area (Å²) in [5, 5.41) is 4.83. The molecule has 2 rings (SSSR count). The third kappa shape index (κ3) is 4.40. The smallest absolute Gasteiger partial charge is 0.272 e. The molecule has 0 aliphatic rings. The largest absolute Gasteiger partial charge is 0.348 e. The molecular formula is C18H21Cl2N3O. The molecule has 0 aliphatic heterocycles. The average molecular weight is 366 g/mol. The van der Waals surface area contributed by atoms with Gasteiger partial charge in [-0.15, -0.1) is 0 Å². The van der Waals surface area contributed by atoms with Crippen molar-refractivity contribution in [3.63, 3.8) is 0 Å². The van der Waals surface area contributed by atoms with E-state index in [1.54, 1.807) is 18.3 Å². The first-order valence-corrected chi connectivity index (χ1v) is 8.50. The zero-order valence-electron chi connectivity index (χ0n) is 14.2. The van der Waals surface area contributed by atoms with Crippen LogP contribution in [0.2, 0.25) is 10.0 Å². The maximum absolute atomic E-state index is 12.1. The molecule has 1 amide bonds. The van der Waals surface area contributed by atoms with E-state index in [1.807, 2.05) is 6.92 Å². The van der Waals surface area contributed by atoms with Crippen LogP contribution in [0.1, 0.15) is 41.2 Å². The number of hydrazone groups is 1. The van der Waals surface area contributed by atoms with Gasteiger partial charge in [-0.3, -0.25) is 4.79 Å². The van der Waals surface area contributed by atoms with Crippen LogP contribution in [0.15, 0.2) is 29.4 Å². The molecule has 0 saturated heterocycles. The summed E-state index contributed by atoms with van der Waals surface area (Å²) >= 11 is 11.9. The molecule has 4 nitrogen and oxygen atoms in total. The molecule has 0 fully saturated rings. The predicted molar refractivity (Wildman–Crippen MR) is 100 cm³/mol. The van der Waals surface area contributed by atoms with Crippen LogP contribution in [0.25, 0.3) is 0 Å². The number of halogens is 2. The van der Waals surface area contributed by atoms with Crippen molar-refractivity contribution in [1.29, 1.82) is 0 Å². The normalized spacial score (nSPS) is 11.5. The second kappa shape index (κ2) is 7.86. The molecule has 0 saturated carbocycles. The second-order valence-corrected chi connectivity index (χ2v) is 7.00. The lowest BCUT2D eigenvalue weighted by Gasteiger charge is -2.11. The van der Waals surface area contributed by atoms with Crippen LogP contribution < -0.4 is 5.43 Å². The molecule has 1 aromatic heterocycles. The number of amides is 1. The number of nitrogens with one attached hydrogen (secondary N) is 1. The van der Waals surface area contributed by atoms with Crippen LogP contribution in [0.5, 0.6) is 0 Å². The Morgan fingerprint density at radius 1 is 1.29 bits per heavy atom. The molecule has 128 valence electrons. The van der Waals surface area contributed by atoms with Gasteiger partial charge in [-0.2, -0.15) is 5.10 Å². The third-order valence-electron chi connectivity index (χ3n) is 3.70. The fourth-order valence-corrected chi connectivity index (χ4v) is 2.87. The fraction of sp³-hybridized carbons (Fsp3) is 0.333. The summed E-state index contributed by atoms with van der Waals surface area (Å²) in [4.78, 5) is 12.1. The first kappa shape index (κ1) is 18.6. The van der Waals surface area contributed by atoms with Gasteiger partial charge in [-0.1, -0.05) is 37.0 Å². The van der Waals surface area contributed by atoms with Crippen LogP contribution in [0.3, 0.4) is 0 Å². The molecule has 24 heavy (non-hydrogen) atoms. The lowest BCUT2D eigenvalue weighted by atomic mass is 10.2. The van der Waals surface area contributed by atoms with Crippen molar-refractivity contribution < 1.29 is 4.79 Å². The minimum atomic E-state index is -0.394. The Balaban J connectivity index is 2.12. The molecule has 0 bridgehead atoms. The molecule has 0 atom stereocenters. The number of carbonyl (C=O) groups excluding carboxylic acids is 1. The van der Waals surface area contributed by atoms with Crippen LogP contribution in [-0.2, 0) is 6.54 Å². The molecule has 1 aromatic carbocycles. The number of aryl methyl sites for hydroxylation is 1. The summed E-state index contributed by atoms with van der Waals surface area (Å²) in [6, 6.07) is 6.79. The Kier molecular flexibility index (Phi) is 6.08. The molecule has 6 heteroatoms.